The zero-order valence-corrected chi connectivity index (χ0v) is 6.32. The summed E-state index contributed by atoms with van der Waals surface area (Å²) < 4.78 is 1.75. The van der Waals surface area contributed by atoms with E-state index in [0.29, 0.717) is 13.1 Å². The maximum Gasteiger partial charge on any atom is 0.235 e. The maximum absolute atomic E-state index is 9.68. The third-order valence-corrected chi connectivity index (χ3v) is 1.27. The molecular formula is C7H9N3O. The first-order valence-corrected chi connectivity index (χ1v) is 3.35. The number of nitrogens with zero attached hydrogens (tertiary/aromatic N) is 3. The van der Waals surface area contributed by atoms with Crippen molar-refractivity contribution in [1.82, 2.24) is 9.78 Å². The Labute approximate surface area is 64.6 Å². The number of aliphatic imine (C=N–C) groups is 1. The van der Waals surface area contributed by atoms with Crippen LogP contribution in [0.3, 0.4) is 0 Å². The van der Waals surface area contributed by atoms with Gasteiger partial charge in [-0.1, -0.05) is 0 Å². The highest BCUT2D eigenvalue weighted by Crippen LogP contribution is 1.93. The summed E-state index contributed by atoms with van der Waals surface area (Å²) in [4.78, 5) is 13.1. The Morgan fingerprint density at radius 2 is 2.64 bits per heavy atom. The van der Waals surface area contributed by atoms with Crippen molar-refractivity contribution in [3.8, 4) is 0 Å². The molecule has 0 saturated carbocycles. The quantitative estimate of drug-likeness (QED) is 0.467. The fourth-order valence-corrected chi connectivity index (χ4v) is 0.787. The second-order valence-corrected chi connectivity index (χ2v) is 2.25. The van der Waals surface area contributed by atoms with Crippen LogP contribution >= 0.6 is 0 Å². The van der Waals surface area contributed by atoms with E-state index >= 15 is 0 Å². The molecule has 0 saturated heterocycles. The van der Waals surface area contributed by atoms with E-state index in [9.17, 15) is 4.79 Å². The summed E-state index contributed by atoms with van der Waals surface area (Å²) in [6, 6.07) is 0. The molecule has 0 N–H and O–H groups in total. The van der Waals surface area contributed by atoms with Crippen molar-refractivity contribution in [1.29, 1.82) is 0 Å². The van der Waals surface area contributed by atoms with E-state index in [0.717, 1.165) is 5.56 Å². The van der Waals surface area contributed by atoms with E-state index in [-0.39, 0.29) is 0 Å². The van der Waals surface area contributed by atoms with Gasteiger partial charge in [-0.25, -0.2) is 9.79 Å². The Balaban J connectivity index is 2.44. The Bertz CT molecular complexity index is 273. The van der Waals surface area contributed by atoms with Gasteiger partial charge in [-0.15, -0.1) is 0 Å². The second kappa shape index (κ2) is 3.68. The number of carbonyl (C=O) groups excluding carboxylic acids is 1. The van der Waals surface area contributed by atoms with Crippen LogP contribution in [0.5, 0.6) is 0 Å². The van der Waals surface area contributed by atoms with Gasteiger partial charge in [0.2, 0.25) is 6.08 Å². The van der Waals surface area contributed by atoms with E-state index in [4.69, 9.17) is 0 Å². The highest BCUT2D eigenvalue weighted by molar-refractivity contribution is 5.32. The fraction of sp³-hybridized carbons (Fsp3) is 0.429. The molecule has 4 nitrogen and oxygen atoms in total. The maximum atomic E-state index is 9.68. The lowest BCUT2D eigenvalue weighted by Gasteiger charge is -1.93. The van der Waals surface area contributed by atoms with Crippen molar-refractivity contribution in [2.45, 2.75) is 13.5 Å². The number of isocyanates is 1. The molecule has 1 rings (SSSR count). The first-order valence-electron chi connectivity index (χ1n) is 3.35. The predicted molar refractivity (Wildman–Crippen MR) is 40.0 cm³/mol. The van der Waals surface area contributed by atoms with Crippen LogP contribution in [0, 0.1) is 6.92 Å². The lowest BCUT2D eigenvalue weighted by Crippen LogP contribution is -2.00. The average molecular weight is 151 g/mol. The van der Waals surface area contributed by atoms with Crippen LogP contribution < -0.4 is 0 Å². The van der Waals surface area contributed by atoms with Crippen LogP contribution in [0.4, 0.5) is 0 Å². The summed E-state index contributed by atoms with van der Waals surface area (Å²) >= 11 is 0. The van der Waals surface area contributed by atoms with Crippen LogP contribution in [0.25, 0.3) is 0 Å². The number of hydrogen-bond acceptors (Lipinski definition) is 3. The topological polar surface area (TPSA) is 47.2 Å². The monoisotopic (exact) mass is 151 g/mol. The van der Waals surface area contributed by atoms with Crippen molar-refractivity contribution < 1.29 is 4.79 Å². The zero-order chi connectivity index (χ0) is 8.10. The summed E-state index contributed by atoms with van der Waals surface area (Å²) in [6.45, 7) is 3.06. The number of aromatic nitrogens is 2. The number of hydrogen-bond donors (Lipinski definition) is 0. The van der Waals surface area contributed by atoms with E-state index in [1.165, 1.54) is 6.08 Å². The van der Waals surface area contributed by atoms with Gasteiger partial charge in [0.15, 0.2) is 0 Å². The van der Waals surface area contributed by atoms with Crippen molar-refractivity contribution in [3.05, 3.63) is 18.0 Å². The Hall–Kier alpha value is -1.41. The third kappa shape index (κ3) is 2.35. The van der Waals surface area contributed by atoms with Gasteiger partial charge < -0.3 is 0 Å². The van der Waals surface area contributed by atoms with Crippen molar-refractivity contribution in [3.63, 3.8) is 0 Å². The van der Waals surface area contributed by atoms with Crippen molar-refractivity contribution >= 4 is 6.08 Å². The normalized spacial score (nSPS) is 9.18. The molecular weight excluding hydrogens is 142 g/mol. The molecule has 11 heavy (non-hydrogen) atoms. The van der Waals surface area contributed by atoms with Gasteiger partial charge in [0.1, 0.15) is 0 Å². The molecule has 0 unspecified atom stereocenters. The van der Waals surface area contributed by atoms with Crippen LogP contribution in [0.15, 0.2) is 17.4 Å². The summed E-state index contributed by atoms with van der Waals surface area (Å²) in [5.74, 6) is 0. The molecule has 1 aromatic heterocycles. The molecule has 0 aliphatic heterocycles. The third-order valence-electron chi connectivity index (χ3n) is 1.27. The van der Waals surface area contributed by atoms with Gasteiger partial charge in [-0.3, -0.25) is 4.68 Å². The Morgan fingerprint density at radius 1 is 1.82 bits per heavy atom. The van der Waals surface area contributed by atoms with Gasteiger partial charge in [-0.2, -0.15) is 5.10 Å². The molecule has 0 fully saturated rings. The Morgan fingerprint density at radius 3 is 3.18 bits per heavy atom. The molecule has 1 aromatic rings. The first-order chi connectivity index (χ1) is 5.33. The molecule has 1 heterocycles. The first kappa shape index (κ1) is 7.69. The van der Waals surface area contributed by atoms with Gasteiger partial charge in [0.25, 0.3) is 0 Å². The van der Waals surface area contributed by atoms with E-state index < -0.39 is 0 Å². The fourth-order valence-electron chi connectivity index (χ4n) is 0.787. The lowest BCUT2D eigenvalue weighted by atomic mass is 10.4. The lowest BCUT2D eigenvalue weighted by molar-refractivity contribution is 0.558. The zero-order valence-electron chi connectivity index (χ0n) is 6.32. The molecule has 4 heteroatoms. The molecule has 0 radical (unpaired) electrons. The van der Waals surface area contributed by atoms with E-state index in [2.05, 4.69) is 10.1 Å². The summed E-state index contributed by atoms with van der Waals surface area (Å²) in [7, 11) is 0. The van der Waals surface area contributed by atoms with Crippen LogP contribution in [-0.2, 0) is 11.3 Å². The number of rotatable bonds is 3. The molecule has 0 aliphatic rings. The van der Waals surface area contributed by atoms with Crippen molar-refractivity contribution in [2.24, 2.45) is 4.99 Å². The standard InChI is InChI=1S/C7H9N3O/c1-7-4-9-10(5-7)3-2-8-6-11/h4-5H,2-3H2,1H3. The SMILES string of the molecule is Cc1cnn(CCN=C=O)c1. The molecule has 0 aromatic carbocycles. The van der Waals surface area contributed by atoms with E-state index in [1.54, 1.807) is 10.9 Å². The minimum atomic E-state index is 0.449. The van der Waals surface area contributed by atoms with Crippen LogP contribution in [0.2, 0.25) is 0 Å². The molecule has 0 spiro atoms. The van der Waals surface area contributed by atoms with Crippen molar-refractivity contribution in [2.75, 3.05) is 6.54 Å². The highest BCUT2D eigenvalue weighted by atomic mass is 16.1. The average Bonchev–Trinajstić information content (AvgIpc) is 2.37. The van der Waals surface area contributed by atoms with E-state index in [1.807, 2.05) is 13.1 Å². The summed E-state index contributed by atoms with van der Waals surface area (Å²) in [5, 5.41) is 4.01. The van der Waals surface area contributed by atoms with Crippen LogP contribution in [-0.4, -0.2) is 22.4 Å². The molecule has 0 amide bonds. The predicted octanol–water partition coefficient (Wildman–Crippen LogP) is 0.527. The largest absolute Gasteiger partial charge is 0.271 e. The van der Waals surface area contributed by atoms with Gasteiger partial charge in [0.05, 0.1) is 19.3 Å². The Kier molecular flexibility index (Phi) is 2.58. The van der Waals surface area contributed by atoms with Gasteiger partial charge in [0, 0.05) is 6.20 Å². The molecule has 58 valence electrons. The van der Waals surface area contributed by atoms with Crippen LogP contribution in [0.1, 0.15) is 5.56 Å². The minimum Gasteiger partial charge on any atom is -0.271 e. The smallest absolute Gasteiger partial charge is 0.235 e. The minimum absolute atomic E-state index is 0.449. The molecule has 0 bridgehead atoms. The highest BCUT2D eigenvalue weighted by Gasteiger charge is 1.90. The second-order valence-electron chi connectivity index (χ2n) is 2.25. The summed E-state index contributed by atoms with van der Waals surface area (Å²) in [6.07, 6.45) is 5.15. The van der Waals surface area contributed by atoms with Gasteiger partial charge >= 0.3 is 0 Å². The molecule has 0 atom stereocenters. The number of aryl methyl sites for hydroxylation is 1. The summed E-state index contributed by atoms with van der Waals surface area (Å²) in [5.41, 5.74) is 1.11. The van der Waals surface area contributed by atoms with Gasteiger partial charge in [-0.05, 0) is 12.5 Å². The molecule has 0 aliphatic carbocycles.